The first kappa shape index (κ1) is 17.8. The highest BCUT2D eigenvalue weighted by Gasteiger charge is 2.06. The van der Waals surface area contributed by atoms with Crippen molar-refractivity contribution in [3.05, 3.63) is 71.9 Å². The van der Waals surface area contributed by atoms with Gasteiger partial charge in [0, 0.05) is 28.1 Å². The fourth-order valence-electron chi connectivity index (χ4n) is 3.32. The Hall–Kier alpha value is -3.60. The number of aryl methyl sites for hydroxylation is 1. The number of nitrogens with one attached hydrogen (secondary N) is 1. The van der Waals surface area contributed by atoms with E-state index in [1.54, 1.807) is 14.2 Å². The van der Waals surface area contributed by atoms with E-state index >= 15 is 0 Å². The zero-order valence-electron chi connectivity index (χ0n) is 16.1. The van der Waals surface area contributed by atoms with Crippen molar-refractivity contribution in [2.24, 2.45) is 5.10 Å². The van der Waals surface area contributed by atoms with Crippen molar-refractivity contribution in [1.82, 2.24) is 4.98 Å². The molecule has 1 N–H and O–H groups in total. The number of methoxy groups -OCH3 is 2. The summed E-state index contributed by atoms with van der Waals surface area (Å²) in [7, 11) is 3.34. The van der Waals surface area contributed by atoms with Gasteiger partial charge >= 0.3 is 0 Å². The van der Waals surface area contributed by atoms with Crippen molar-refractivity contribution >= 4 is 33.6 Å². The minimum atomic E-state index is 0.782. The van der Waals surface area contributed by atoms with Crippen molar-refractivity contribution < 1.29 is 9.47 Å². The van der Waals surface area contributed by atoms with E-state index in [1.807, 2.05) is 67.7 Å². The minimum absolute atomic E-state index is 0.782. The van der Waals surface area contributed by atoms with Crippen molar-refractivity contribution in [2.45, 2.75) is 6.92 Å². The monoisotopic (exact) mass is 371 g/mol. The third-order valence-corrected chi connectivity index (χ3v) is 4.67. The van der Waals surface area contributed by atoms with Crippen molar-refractivity contribution in [2.75, 3.05) is 19.6 Å². The number of anilines is 1. The highest BCUT2D eigenvalue weighted by molar-refractivity contribution is 6.02. The fraction of sp³-hybridized carbons (Fsp3) is 0.130. The maximum atomic E-state index is 5.46. The molecule has 0 amide bonds. The molecule has 28 heavy (non-hydrogen) atoms. The van der Waals surface area contributed by atoms with Gasteiger partial charge in [0.25, 0.3) is 0 Å². The lowest BCUT2D eigenvalue weighted by Crippen LogP contribution is -1.96. The quantitative estimate of drug-likeness (QED) is 0.389. The zero-order valence-corrected chi connectivity index (χ0v) is 16.1. The first-order valence-electron chi connectivity index (χ1n) is 9.00. The molecular formula is C23H21N3O2. The van der Waals surface area contributed by atoms with Gasteiger partial charge in [0.05, 0.1) is 31.6 Å². The van der Waals surface area contributed by atoms with Crippen LogP contribution in [0, 0.1) is 6.92 Å². The number of hydrazone groups is 1. The molecule has 1 aromatic heterocycles. The number of fused-ring (bicyclic) bond motifs is 2. The molecule has 0 aliphatic carbocycles. The topological polar surface area (TPSA) is 55.7 Å². The number of ether oxygens (including phenoxy) is 2. The summed E-state index contributed by atoms with van der Waals surface area (Å²) in [4.78, 5) is 4.59. The highest BCUT2D eigenvalue weighted by atomic mass is 16.5. The number of rotatable bonds is 5. The Morgan fingerprint density at radius 2 is 1.71 bits per heavy atom. The summed E-state index contributed by atoms with van der Waals surface area (Å²) in [6.45, 7) is 1.96. The van der Waals surface area contributed by atoms with E-state index in [-0.39, 0.29) is 0 Å². The van der Waals surface area contributed by atoms with Crippen LogP contribution in [-0.2, 0) is 0 Å². The standard InChI is InChI=1S/C23H21N3O2/c1-15-12-22(20-10-9-17(27-2)13-21(20)25-15)26-24-14-16-8-11-23(28-3)19-7-5-4-6-18(16)19/h4-14H,1-3H3,(H,25,26)/b24-14+. The predicted octanol–water partition coefficient (Wildman–Crippen LogP) is 5.16. The molecule has 4 rings (SSSR count). The molecular weight excluding hydrogens is 350 g/mol. The predicted molar refractivity (Wildman–Crippen MR) is 115 cm³/mol. The van der Waals surface area contributed by atoms with Crippen molar-refractivity contribution in [3.8, 4) is 11.5 Å². The van der Waals surface area contributed by atoms with Crippen LogP contribution in [0.1, 0.15) is 11.3 Å². The number of aromatic nitrogens is 1. The average Bonchev–Trinajstić information content (AvgIpc) is 2.73. The van der Waals surface area contributed by atoms with E-state index in [4.69, 9.17) is 9.47 Å². The molecule has 3 aromatic carbocycles. The van der Waals surface area contributed by atoms with E-state index in [1.165, 1.54) is 0 Å². The van der Waals surface area contributed by atoms with E-state index in [0.717, 1.165) is 50.1 Å². The van der Waals surface area contributed by atoms with E-state index in [2.05, 4.69) is 21.6 Å². The van der Waals surface area contributed by atoms with Crippen LogP contribution in [0.4, 0.5) is 5.69 Å². The van der Waals surface area contributed by atoms with Crippen LogP contribution in [0.2, 0.25) is 0 Å². The first-order valence-corrected chi connectivity index (χ1v) is 9.00. The largest absolute Gasteiger partial charge is 0.497 e. The number of hydrogen-bond donors (Lipinski definition) is 1. The molecule has 0 atom stereocenters. The average molecular weight is 371 g/mol. The van der Waals surface area contributed by atoms with Crippen molar-refractivity contribution in [3.63, 3.8) is 0 Å². The third-order valence-electron chi connectivity index (χ3n) is 4.67. The van der Waals surface area contributed by atoms with Crippen LogP contribution in [0.25, 0.3) is 21.7 Å². The molecule has 5 heteroatoms. The summed E-state index contributed by atoms with van der Waals surface area (Å²) in [5.41, 5.74) is 6.86. The first-order chi connectivity index (χ1) is 13.7. The Morgan fingerprint density at radius 3 is 2.50 bits per heavy atom. The Bertz CT molecular complexity index is 1190. The van der Waals surface area contributed by atoms with Gasteiger partial charge in [0.2, 0.25) is 0 Å². The second-order valence-corrected chi connectivity index (χ2v) is 6.47. The second-order valence-electron chi connectivity index (χ2n) is 6.47. The maximum absolute atomic E-state index is 5.46. The van der Waals surface area contributed by atoms with Gasteiger partial charge in [0.1, 0.15) is 11.5 Å². The van der Waals surface area contributed by atoms with Crippen LogP contribution in [-0.4, -0.2) is 25.4 Å². The van der Waals surface area contributed by atoms with E-state index in [9.17, 15) is 0 Å². The Balaban J connectivity index is 1.68. The highest BCUT2D eigenvalue weighted by Crippen LogP contribution is 2.28. The molecule has 0 radical (unpaired) electrons. The van der Waals surface area contributed by atoms with Crippen LogP contribution < -0.4 is 14.9 Å². The van der Waals surface area contributed by atoms with Gasteiger partial charge < -0.3 is 9.47 Å². The molecule has 0 aliphatic rings. The van der Waals surface area contributed by atoms with Crippen LogP contribution >= 0.6 is 0 Å². The summed E-state index contributed by atoms with van der Waals surface area (Å²) in [5, 5.41) is 7.62. The summed E-state index contributed by atoms with van der Waals surface area (Å²) >= 11 is 0. The molecule has 0 saturated carbocycles. The Kier molecular flexibility index (Phi) is 4.81. The van der Waals surface area contributed by atoms with Gasteiger partial charge in [-0.2, -0.15) is 5.10 Å². The fourth-order valence-corrected chi connectivity index (χ4v) is 3.32. The molecule has 140 valence electrons. The number of benzene rings is 3. The Labute approximate surface area is 163 Å². The molecule has 1 heterocycles. The van der Waals surface area contributed by atoms with Gasteiger partial charge in [-0.1, -0.05) is 24.3 Å². The number of pyridine rings is 1. The van der Waals surface area contributed by atoms with Gasteiger partial charge in [-0.05, 0) is 42.6 Å². The van der Waals surface area contributed by atoms with E-state index in [0.29, 0.717) is 0 Å². The molecule has 0 spiro atoms. The van der Waals surface area contributed by atoms with Gasteiger partial charge in [0.15, 0.2) is 0 Å². The summed E-state index contributed by atoms with van der Waals surface area (Å²) < 4.78 is 10.8. The lowest BCUT2D eigenvalue weighted by molar-refractivity contribution is 0.415. The summed E-state index contributed by atoms with van der Waals surface area (Å²) in [6.07, 6.45) is 1.83. The van der Waals surface area contributed by atoms with Crippen LogP contribution in [0.15, 0.2) is 65.8 Å². The molecule has 0 aliphatic heterocycles. The maximum Gasteiger partial charge on any atom is 0.126 e. The SMILES string of the molecule is COc1ccc2c(N/N=C/c3ccc(OC)c4ccccc34)cc(C)nc2c1. The number of hydrogen-bond acceptors (Lipinski definition) is 5. The summed E-state index contributed by atoms with van der Waals surface area (Å²) in [5.74, 6) is 1.63. The molecule has 0 unspecified atom stereocenters. The van der Waals surface area contributed by atoms with E-state index < -0.39 is 0 Å². The van der Waals surface area contributed by atoms with Crippen LogP contribution in [0.5, 0.6) is 11.5 Å². The normalized spacial score (nSPS) is 11.2. The number of nitrogens with zero attached hydrogens (tertiary/aromatic N) is 2. The van der Waals surface area contributed by atoms with Gasteiger partial charge in [-0.25, -0.2) is 0 Å². The van der Waals surface area contributed by atoms with Gasteiger partial charge in [-0.3, -0.25) is 10.4 Å². The minimum Gasteiger partial charge on any atom is -0.497 e. The molecule has 0 bridgehead atoms. The summed E-state index contributed by atoms with van der Waals surface area (Å²) in [6, 6.07) is 19.9. The lowest BCUT2D eigenvalue weighted by Gasteiger charge is -2.09. The molecule has 0 fully saturated rings. The van der Waals surface area contributed by atoms with Crippen molar-refractivity contribution in [1.29, 1.82) is 0 Å². The zero-order chi connectivity index (χ0) is 19.5. The lowest BCUT2D eigenvalue weighted by atomic mass is 10.0. The van der Waals surface area contributed by atoms with Crippen LogP contribution in [0.3, 0.4) is 0 Å². The molecule has 5 nitrogen and oxygen atoms in total. The molecule has 4 aromatic rings. The smallest absolute Gasteiger partial charge is 0.126 e. The second kappa shape index (κ2) is 7.56. The third kappa shape index (κ3) is 3.34. The van der Waals surface area contributed by atoms with Gasteiger partial charge in [-0.15, -0.1) is 0 Å². The molecule has 0 saturated heterocycles. The Morgan fingerprint density at radius 1 is 0.893 bits per heavy atom.